The summed E-state index contributed by atoms with van der Waals surface area (Å²) in [5, 5.41) is 10.8. The predicted octanol–water partition coefficient (Wildman–Crippen LogP) is -0.315. The van der Waals surface area contributed by atoms with Crippen LogP contribution in [0, 0.1) is 16.2 Å². The SMILES string of the molecule is O=[N+]([O-])c1ccccc1-c1cc[c-]cc1.[Br-].[Mg+2]. The fourth-order valence-electron chi connectivity index (χ4n) is 1.44. The van der Waals surface area contributed by atoms with Gasteiger partial charge in [-0.05, 0) is 6.07 Å². The third-order valence-corrected chi connectivity index (χ3v) is 2.13. The van der Waals surface area contributed by atoms with Crippen molar-refractivity contribution in [3.05, 3.63) is 64.7 Å². The second kappa shape index (κ2) is 7.42. The molecular weight excluding hydrogens is 294 g/mol. The Bertz CT molecular complexity index is 491. The number of benzene rings is 2. The topological polar surface area (TPSA) is 43.1 Å². The van der Waals surface area contributed by atoms with Gasteiger partial charge in [0.2, 0.25) is 0 Å². The van der Waals surface area contributed by atoms with Crippen LogP contribution in [0.1, 0.15) is 0 Å². The van der Waals surface area contributed by atoms with E-state index in [2.05, 4.69) is 6.07 Å². The van der Waals surface area contributed by atoms with Crippen molar-refractivity contribution in [3.63, 3.8) is 0 Å². The number of para-hydroxylation sites is 1. The van der Waals surface area contributed by atoms with Gasteiger partial charge in [-0.2, -0.15) is 30.3 Å². The van der Waals surface area contributed by atoms with Crippen molar-refractivity contribution in [2.75, 3.05) is 0 Å². The molecule has 3 nitrogen and oxygen atoms in total. The minimum atomic E-state index is -0.369. The Balaban J connectivity index is 0.00000128. The van der Waals surface area contributed by atoms with Gasteiger partial charge in [0, 0.05) is 11.6 Å². The first-order valence-corrected chi connectivity index (χ1v) is 4.49. The predicted molar refractivity (Wildman–Crippen MR) is 63.1 cm³/mol. The number of nitro groups is 1. The van der Waals surface area contributed by atoms with Gasteiger partial charge in [-0.3, -0.25) is 10.1 Å². The Morgan fingerprint density at radius 3 is 2.24 bits per heavy atom. The summed E-state index contributed by atoms with van der Waals surface area (Å²) in [6.45, 7) is 0. The molecule has 0 amide bonds. The summed E-state index contributed by atoms with van der Waals surface area (Å²) in [5.41, 5.74) is 1.60. The number of hydrogen-bond donors (Lipinski definition) is 0. The molecule has 0 unspecified atom stereocenters. The average molecular weight is 302 g/mol. The van der Waals surface area contributed by atoms with Crippen LogP contribution in [0.3, 0.4) is 0 Å². The van der Waals surface area contributed by atoms with Crippen molar-refractivity contribution in [1.82, 2.24) is 0 Å². The maximum absolute atomic E-state index is 10.8. The molecule has 0 aliphatic rings. The molecule has 0 radical (unpaired) electrons. The molecule has 5 heteroatoms. The summed E-state index contributed by atoms with van der Waals surface area (Å²) < 4.78 is 0. The van der Waals surface area contributed by atoms with Gasteiger partial charge in [0.1, 0.15) is 0 Å². The van der Waals surface area contributed by atoms with E-state index in [1.807, 2.05) is 12.1 Å². The van der Waals surface area contributed by atoms with Crippen LogP contribution in [0.5, 0.6) is 0 Å². The fraction of sp³-hybridized carbons (Fsp3) is 0. The van der Waals surface area contributed by atoms with E-state index < -0.39 is 0 Å². The number of nitrogens with zero attached hydrogens (tertiary/aromatic N) is 1. The molecule has 0 fully saturated rings. The zero-order chi connectivity index (χ0) is 10.7. The van der Waals surface area contributed by atoms with Gasteiger partial charge >= 0.3 is 23.1 Å². The first kappa shape index (κ1) is 16.1. The van der Waals surface area contributed by atoms with Crippen molar-refractivity contribution in [2.24, 2.45) is 0 Å². The van der Waals surface area contributed by atoms with Crippen molar-refractivity contribution in [2.45, 2.75) is 0 Å². The van der Waals surface area contributed by atoms with Gasteiger partial charge in [-0.25, -0.2) is 0 Å². The fourth-order valence-corrected chi connectivity index (χ4v) is 1.44. The Labute approximate surface area is 126 Å². The molecule has 0 spiro atoms. The Kier molecular flexibility index (Phi) is 7.02. The van der Waals surface area contributed by atoms with Crippen LogP contribution in [0.2, 0.25) is 0 Å². The summed E-state index contributed by atoms with van der Waals surface area (Å²) in [5.74, 6) is 0. The molecular formula is C12H8BrMgNO2. The minimum absolute atomic E-state index is 0. The van der Waals surface area contributed by atoms with Crippen LogP contribution < -0.4 is 17.0 Å². The summed E-state index contributed by atoms with van der Waals surface area (Å²) in [4.78, 5) is 10.4. The largest absolute Gasteiger partial charge is 2.00 e. The van der Waals surface area contributed by atoms with Gasteiger partial charge in [-0.1, -0.05) is 12.1 Å². The van der Waals surface area contributed by atoms with Crippen LogP contribution in [0.4, 0.5) is 5.69 Å². The van der Waals surface area contributed by atoms with Gasteiger partial charge in [0.15, 0.2) is 0 Å². The molecule has 0 heterocycles. The van der Waals surface area contributed by atoms with Crippen molar-refractivity contribution in [3.8, 4) is 11.1 Å². The zero-order valence-electron chi connectivity index (χ0n) is 8.97. The maximum Gasteiger partial charge on any atom is 2.00 e. The molecule has 0 aliphatic heterocycles. The van der Waals surface area contributed by atoms with Crippen LogP contribution in [0.15, 0.2) is 48.5 Å². The molecule has 0 aliphatic carbocycles. The van der Waals surface area contributed by atoms with Crippen LogP contribution in [-0.4, -0.2) is 28.0 Å². The summed E-state index contributed by atoms with van der Waals surface area (Å²) in [7, 11) is 0. The van der Waals surface area contributed by atoms with Crippen molar-refractivity contribution in [1.29, 1.82) is 0 Å². The summed E-state index contributed by atoms with van der Waals surface area (Å²) in [6, 6.07) is 16.7. The van der Waals surface area contributed by atoms with E-state index in [4.69, 9.17) is 0 Å². The van der Waals surface area contributed by atoms with Gasteiger partial charge in [-0.15, -0.1) is 5.56 Å². The van der Waals surface area contributed by atoms with E-state index in [9.17, 15) is 10.1 Å². The first-order valence-electron chi connectivity index (χ1n) is 4.49. The molecule has 0 atom stereocenters. The van der Waals surface area contributed by atoms with E-state index >= 15 is 0 Å². The third-order valence-electron chi connectivity index (χ3n) is 2.13. The van der Waals surface area contributed by atoms with Gasteiger partial charge in [0.25, 0.3) is 5.69 Å². The molecule has 0 bridgehead atoms. The maximum atomic E-state index is 10.8. The van der Waals surface area contributed by atoms with Gasteiger partial charge < -0.3 is 17.0 Å². The monoisotopic (exact) mass is 301 g/mol. The number of hydrogen-bond acceptors (Lipinski definition) is 2. The summed E-state index contributed by atoms with van der Waals surface area (Å²) in [6.07, 6.45) is 0. The zero-order valence-corrected chi connectivity index (χ0v) is 12.0. The van der Waals surface area contributed by atoms with E-state index in [0.29, 0.717) is 5.56 Å². The van der Waals surface area contributed by atoms with E-state index in [0.717, 1.165) is 5.56 Å². The first-order chi connectivity index (χ1) is 7.29. The van der Waals surface area contributed by atoms with Crippen molar-refractivity contribution < 1.29 is 21.9 Å². The molecule has 0 saturated carbocycles. The molecule has 82 valence electrons. The van der Waals surface area contributed by atoms with Crippen LogP contribution in [-0.2, 0) is 0 Å². The quantitative estimate of drug-likeness (QED) is 0.330. The van der Waals surface area contributed by atoms with E-state index in [1.54, 1.807) is 30.3 Å². The Morgan fingerprint density at radius 1 is 1.06 bits per heavy atom. The molecule has 0 aromatic heterocycles. The summed E-state index contributed by atoms with van der Waals surface area (Å²) >= 11 is 0. The van der Waals surface area contributed by atoms with Gasteiger partial charge in [0.05, 0.1) is 4.92 Å². The standard InChI is InChI=1S/C12H8NO2.BrH.Mg/c14-13(15)12-9-5-4-8-11(12)10-6-2-1-3-7-10;;/h2-9H;1H;/q-1;;+2/p-1. The second-order valence-corrected chi connectivity index (χ2v) is 3.06. The normalized spacial score (nSPS) is 8.71. The molecule has 17 heavy (non-hydrogen) atoms. The Hall–Kier alpha value is -0.914. The second-order valence-electron chi connectivity index (χ2n) is 3.06. The molecule has 2 aromatic rings. The molecule has 0 N–H and O–H groups in total. The van der Waals surface area contributed by atoms with Crippen LogP contribution >= 0.6 is 0 Å². The molecule has 2 aromatic carbocycles. The van der Waals surface area contributed by atoms with E-state index in [-0.39, 0.29) is 50.6 Å². The molecule has 2 rings (SSSR count). The number of rotatable bonds is 2. The van der Waals surface area contributed by atoms with E-state index in [1.165, 1.54) is 6.07 Å². The van der Waals surface area contributed by atoms with Crippen molar-refractivity contribution >= 4 is 28.7 Å². The number of halogens is 1. The Morgan fingerprint density at radius 2 is 1.65 bits per heavy atom. The number of nitro benzene ring substituents is 1. The van der Waals surface area contributed by atoms with Crippen LogP contribution in [0.25, 0.3) is 11.1 Å². The average Bonchev–Trinajstić information content (AvgIpc) is 2.30. The third kappa shape index (κ3) is 3.80. The molecule has 0 saturated heterocycles. The minimum Gasteiger partial charge on any atom is -1.00 e. The smallest absolute Gasteiger partial charge is 1.00 e.